The van der Waals surface area contributed by atoms with Crippen LogP contribution in [0, 0.1) is 11.3 Å². The highest BCUT2D eigenvalue weighted by Crippen LogP contribution is 2.40. The lowest BCUT2D eigenvalue weighted by atomic mass is 9.68. The van der Waals surface area contributed by atoms with Crippen LogP contribution in [0.15, 0.2) is 0 Å². The lowest BCUT2D eigenvalue weighted by molar-refractivity contribution is 0.110. The first-order valence-electron chi connectivity index (χ1n) is 6.43. The van der Waals surface area contributed by atoms with Gasteiger partial charge in [-0.3, -0.25) is 0 Å². The summed E-state index contributed by atoms with van der Waals surface area (Å²) in [6, 6.07) is 0. The van der Waals surface area contributed by atoms with Gasteiger partial charge in [-0.1, -0.05) is 46.5 Å². The molecule has 2 unspecified atom stereocenters. The van der Waals surface area contributed by atoms with Crippen LogP contribution in [-0.4, -0.2) is 13.1 Å². The molecule has 1 rings (SSSR count). The van der Waals surface area contributed by atoms with Crippen LogP contribution in [-0.2, 0) is 0 Å². The Kier molecular flexibility index (Phi) is 4.94. The summed E-state index contributed by atoms with van der Waals surface area (Å²) < 4.78 is 0. The Morgan fingerprint density at radius 1 is 1.29 bits per heavy atom. The second-order valence-corrected chi connectivity index (χ2v) is 5.17. The SMILES string of the molecule is CCCCCC1(C)CCNCC1CC. The summed E-state index contributed by atoms with van der Waals surface area (Å²) in [4.78, 5) is 0. The van der Waals surface area contributed by atoms with E-state index in [-0.39, 0.29) is 0 Å². The maximum atomic E-state index is 3.53. The summed E-state index contributed by atoms with van der Waals surface area (Å²) in [6.07, 6.45) is 8.37. The van der Waals surface area contributed by atoms with Crippen molar-refractivity contribution in [2.75, 3.05) is 13.1 Å². The Balaban J connectivity index is 2.41. The number of hydrogen-bond acceptors (Lipinski definition) is 1. The fourth-order valence-corrected chi connectivity index (χ4v) is 2.85. The second kappa shape index (κ2) is 5.75. The third-order valence-corrected chi connectivity index (χ3v) is 4.09. The minimum absolute atomic E-state index is 0.634. The molecule has 0 saturated carbocycles. The van der Waals surface area contributed by atoms with E-state index in [9.17, 15) is 0 Å². The minimum Gasteiger partial charge on any atom is -0.316 e. The van der Waals surface area contributed by atoms with Crippen molar-refractivity contribution < 1.29 is 0 Å². The molecule has 14 heavy (non-hydrogen) atoms. The van der Waals surface area contributed by atoms with Gasteiger partial charge in [-0.2, -0.15) is 0 Å². The average molecular weight is 197 g/mol. The molecule has 1 aliphatic rings. The quantitative estimate of drug-likeness (QED) is 0.664. The van der Waals surface area contributed by atoms with Crippen molar-refractivity contribution in [3.8, 4) is 0 Å². The van der Waals surface area contributed by atoms with Crippen LogP contribution in [0.1, 0.15) is 59.3 Å². The Hall–Kier alpha value is -0.0400. The molecule has 1 aliphatic heterocycles. The highest BCUT2D eigenvalue weighted by Gasteiger charge is 2.34. The van der Waals surface area contributed by atoms with Gasteiger partial charge in [0.2, 0.25) is 0 Å². The molecule has 1 heteroatoms. The predicted molar refractivity (Wildman–Crippen MR) is 63.5 cm³/mol. The summed E-state index contributed by atoms with van der Waals surface area (Å²) in [5.74, 6) is 0.910. The smallest absolute Gasteiger partial charge is 0.00154 e. The van der Waals surface area contributed by atoms with Crippen molar-refractivity contribution in [2.24, 2.45) is 11.3 Å². The van der Waals surface area contributed by atoms with Crippen molar-refractivity contribution in [3.05, 3.63) is 0 Å². The summed E-state index contributed by atoms with van der Waals surface area (Å²) in [6.45, 7) is 9.63. The van der Waals surface area contributed by atoms with Crippen LogP contribution < -0.4 is 5.32 Å². The summed E-state index contributed by atoms with van der Waals surface area (Å²) in [7, 11) is 0. The van der Waals surface area contributed by atoms with Crippen LogP contribution in [0.2, 0.25) is 0 Å². The van der Waals surface area contributed by atoms with E-state index in [0.717, 1.165) is 5.92 Å². The Labute approximate surface area is 89.7 Å². The molecular weight excluding hydrogens is 170 g/mol. The molecule has 0 aromatic rings. The van der Waals surface area contributed by atoms with Crippen LogP contribution >= 0.6 is 0 Å². The second-order valence-electron chi connectivity index (χ2n) is 5.17. The van der Waals surface area contributed by atoms with Crippen LogP contribution in [0.4, 0.5) is 0 Å². The zero-order valence-corrected chi connectivity index (χ0v) is 10.2. The zero-order chi connectivity index (χ0) is 10.4. The van der Waals surface area contributed by atoms with Crippen LogP contribution in [0.3, 0.4) is 0 Å². The molecule has 1 nitrogen and oxygen atoms in total. The van der Waals surface area contributed by atoms with Crippen molar-refractivity contribution in [1.82, 2.24) is 5.32 Å². The van der Waals surface area contributed by atoms with Gasteiger partial charge in [0.15, 0.2) is 0 Å². The van der Waals surface area contributed by atoms with E-state index in [1.807, 2.05) is 0 Å². The number of unbranched alkanes of at least 4 members (excludes halogenated alkanes) is 2. The average Bonchev–Trinajstić information content (AvgIpc) is 2.19. The first kappa shape index (κ1) is 12.0. The van der Waals surface area contributed by atoms with Gasteiger partial charge in [-0.15, -0.1) is 0 Å². The molecule has 2 atom stereocenters. The van der Waals surface area contributed by atoms with Gasteiger partial charge >= 0.3 is 0 Å². The normalized spacial score (nSPS) is 33.2. The standard InChI is InChI=1S/C13H27N/c1-4-6-7-8-13(3)9-10-14-11-12(13)5-2/h12,14H,4-11H2,1-3H3. The maximum absolute atomic E-state index is 3.53. The third kappa shape index (κ3) is 2.98. The van der Waals surface area contributed by atoms with E-state index in [1.165, 1.54) is 51.6 Å². The molecule has 0 spiro atoms. The van der Waals surface area contributed by atoms with Crippen molar-refractivity contribution >= 4 is 0 Å². The lowest BCUT2D eigenvalue weighted by Crippen LogP contribution is -2.43. The van der Waals surface area contributed by atoms with E-state index in [4.69, 9.17) is 0 Å². The number of piperidine rings is 1. The molecule has 0 aromatic carbocycles. The molecular formula is C13H27N. The van der Waals surface area contributed by atoms with Crippen molar-refractivity contribution in [1.29, 1.82) is 0 Å². The molecule has 84 valence electrons. The number of hydrogen-bond donors (Lipinski definition) is 1. The first-order chi connectivity index (χ1) is 6.73. The van der Waals surface area contributed by atoms with Gasteiger partial charge in [0.05, 0.1) is 0 Å². The van der Waals surface area contributed by atoms with Gasteiger partial charge in [0, 0.05) is 0 Å². The van der Waals surface area contributed by atoms with E-state index >= 15 is 0 Å². The monoisotopic (exact) mass is 197 g/mol. The highest BCUT2D eigenvalue weighted by molar-refractivity contribution is 4.87. The van der Waals surface area contributed by atoms with E-state index in [2.05, 4.69) is 26.1 Å². The molecule has 0 aliphatic carbocycles. The number of nitrogens with one attached hydrogen (secondary N) is 1. The molecule has 0 aromatic heterocycles. The van der Waals surface area contributed by atoms with Gasteiger partial charge < -0.3 is 5.32 Å². The summed E-state index contributed by atoms with van der Waals surface area (Å²) in [5, 5.41) is 3.53. The molecule has 0 bridgehead atoms. The van der Waals surface area contributed by atoms with Gasteiger partial charge in [0.1, 0.15) is 0 Å². The maximum Gasteiger partial charge on any atom is -0.00154 e. The van der Waals surface area contributed by atoms with E-state index in [0.29, 0.717) is 5.41 Å². The van der Waals surface area contributed by atoms with Crippen molar-refractivity contribution in [3.63, 3.8) is 0 Å². The molecule has 0 radical (unpaired) electrons. The third-order valence-electron chi connectivity index (χ3n) is 4.09. The molecule has 0 amide bonds. The highest BCUT2D eigenvalue weighted by atomic mass is 14.9. The Morgan fingerprint density at radius 3 is 2.71 bits per heavy atom. The van der Waals surface area contributed by atoms with Gasteiger partial charge in [-0.05, 0) is 37.3 Å². The molecule has 1 N–H and O–H groups in total. The van der Waals surface area contributed by atoms with Crippen molar-refractivity contribution in [2.45, 2.75) is 59.3 Å². The molecule has 1 fully saturated rings. The minimum atomic E-state index is 0.634. The summed E-state index contributed by atoms with van der Waals surface area (Å²) in [5.41, 5.74) is 0.634. The summed E-state index contributed by atoms with van der Waals surface area (Å²) >= 11 is 0. The largest absolute Gasteiger partial charge is 0.316 e. The van der Waals surface area contributed by atoms with Crippen LogP contribution in [0.5, 0.6) is 0 Å². The Bertz CT molecular complexity index is 155. The predicted octanol–water partition coefficient (Wildman–Crippen LogP) is 3.59. The van der Waals surface area contributed by atoms with Gasteiger partial charge in [0.25, 0.3) is 0 Å². The number of rotatable bonds is 5. The molecule has 1 saturated heterocycles. The molecule has 1 heterocycles. The van der Waals surface area contributed by atoms with E-state index < -0.39 is 0 Å². The fraction of sp³-hybridized carbons (Fsp3) is 1.00. The van der Waals surface area contributed by atoms with Crippen LogP contribution in [0.25, 0.3) is 0 Å². The topological polar surface area (TPSA) is 12.0 Å². The van der Waals surface area contributed by atoms with Gasteiger partial charge in [-0.25, -0.2) is 0 Å². The zero-order valence-electron chi connectivity index (χ0n) is 10.2. The fourth-order valence-electron chi connectivity index (χ4n) is 2.85. The lowest BCUT2D eigenvalue weighted by Gasteiger charge is -2.42. The Morgan fingerprint density at radius 2 is 2.07 bits per heavy atom. The van der Waals surface area contributed by atoms with E-state index in [1.54, 1.807) is 0 Å². The first-order valence-corrected chi connectivity index (χ1v) is 6.43.